The molecule has 0 aliphatic heterocycles. The van der Waals surface area contributed by atoms with Gasteiger partial charge in [0, 0.05) is 18.6 Å². The Kier molecular flexibility index (Phi) is 7.05. The van der Waals surface area contributed by atoms with Gasteiger partial charge in [0.05, 0.1) is 41.2 Å². The van der Waals surface area contributed by atoms with Gasteiger partial charge in [-0.05, 0) is 6.92 Å². The molecule has 3 aromatic rings. The molecule has 0 amide bonds. The standard InChI is InChI=1S/C9H11N3OS2.C6H5F3N2O/c1-5-8(15-7(3-13)11-5)6-4-14-9(10-2)12-6;7-6(8,9)5-3-10-11(4-5)1-2-12/h4,13H,3H2,1-2H3,(H,10,12);2-4H,1H2. The highest BCUT2D eigenvalue weighted by Crippen LogP contribution is 2.32. The van der Waals surface area contributed by atoms with Gasteiger partial charge in [-0.25, -0.2) is 9.97 Å². The van der Waals surface area contributed by atoms with Crippen molar-refractivity contribution in [2.45, 2.75) is 26.3 Å². The van der Waals surface area contributed by atoms with Crippen molar-refractivity contribution in [2.24, 2.45) is 0 Å². The largest absolute Gasteiger partial charge is 0.419 e. The molecule has 0 aromatic carbocycles. The Morgan fingerprint density at radius 1 is 1.37 bits per heavy atom. The third-order valence-corrected chi connectivity index (χ3v) is 5.17. The van der Waals surface area contributed by atoms with E-state index >= 15 is 0 Å². The van der Waals surface area contributed by atoms with E-state index in [9.17, 15) is 18.0 Å². The van der Waals surface area contributed by atoms with E-state index in [1.807, 2.05) is 19.4 Å². The van der Waals surface area contributed by atoms with Crippen molar-refractivity contribution in [3.05, 3.63) is 34.0 Å². The number of carbonyl (C=O) groups is 1. The maximum Gasteiger partial charge on any atom is 0.419 e. The molecule has 0 aliphatic carbocycles. The first-order chi connectivity index (χ1) is 12.8. The van der Waals surface area contributed by atoms with Crippen LogP contribution in [0.5, 0.6) is 0 Å². The van der Waals surface area contributed by atoms with Crippen LogP contribution in [-0.4, -0.2) is 38.2 Å². The Morgan fingerprint density at radius 2 is 2.11 bits per heavy atom. The van der Waals surface area contributed by atoms with Crippen LogP contribution in [0.1, 0.15) is 16.3 Å². The summed E-state index contributed by atoms with van der Waals surface area (Å²) in [4.78, 5) is 19.6. The number of aldehydes is 1. The first-order valence-corrected chi connectivity index (χ1v) is 9.22. The third kappa shape index (κ3) is 5.58. The number of aryl methyl sites for hydroxylation is 1. The van der Waals surface area contributed by atoms with Gasteiger partial charge in [-0.2, -0.15) is 18.3 Å². The van der Waals surface area contributed by atoms with Crippen LogP contribution in [0.3, 0.4) is 0 Å². The molecule has 0 fully saturated rings. The van der Waals surface area contributed by atoms with Gasteiger partial charge >= 0.3 is 6.18 Å². The monoisotopic (exact) mass is 419 g/mol. The Morgan fingerprint density at radius 3 is 2.59 bits per heavy atom. The molecule has 0 bridgehead atoms. The number of aliphatic hydroxyl groups excluding tert-OH is 1. The lowest BCUT2D eigenvalue weighted by atomic mass is 10.3. The van der Waals surface area contributed by atoms with Gasteiger partial charge in [0.2, 0.25) is 0 Å². The Bertz CT molecular complexity index is 888. The van der Waals surface area contributed by atoms with E-state index in [-0.39, 0.29) is 13.2 Å². The summed E-state index contributed by atoms with van der Waals surface area (Å²) in [5.74, 6) is 0. The molecule has 146 valence electrons. The van der Waals surface area contributed by atoms with Crippen molar-refractivity contribution >= 4 is 34.1 Å². The number of alkyl halides is 3. The molecule has 3 heterocycles. The Labute approximate surface area is 160 Å². The van der Waals surface area contributed by atoms with Crippen molar-refractivity contribution in [3.8, 4) is 10.6 Å². The highest BCUT2D eigenvalue weighted by Gasteiger charge is 2.32. The maximum atomic E-state index is 11.9. The first-order valence-electron chi connectivity index (χ1n) is 7.52. The van der Waals surface area contributed by atoms with E-state index in [1.165, 1.54) is 11.3 Å². The Hall–Kier alpha value is -2.31. The fourth-order valence-corrected chi connectivity index (χ4v) is 3.56. The van der Waals surface area contributed by atoms with E-state index < -0.39 is 11.7 Å². The van der Waals surface area contributed by atoms with Gasteiger partial charge in [0.15, 0.2) is 5.13 Å². The summed E-state index contributed by atoms with van der Waals surface area (Å²) in [5.41, 5.74) is 1.01. The number of nitrogens with one attached hydrogen (secondary N) is 1. The fraction of sp³-hybridized carbons (Fsp3) is 0.333. The zero-order chi connectivity index (χ0) is 20.0. The minimum Gasteiger partial charge on any atom is -0.389 e. The third-order valence-electron chi connectivity index (χ3n) is 3.15. The van der Waals surface area contributed by atoms with Crippen LogP contribution in [0, 0.1) is 6.92 Å². The predicted molar refractivity (Wildman–Crippen MR) is 96.7 cm³/mol. The summed E-state index contributed by atoms with van der Waals surface area (Å²) in [5, 5.41) is 19.0. The number of rotatable bonds is 5. The van der Waals surface area contributed by atoms with Gasteiger partial charge in [-0.1, -0.05) is 0 Å². The number of halogens is 3. The van der Waals surface area contributed by atoms with Crippen molar-refractivity contribution in [1.29, 1.82) is 0 Å². The molecule has 3 aromatic heterocycles. The molecule has 3 rings (SSSR count). The van der Waals surface area contributed by atoms with Crippen molar-refractivity contribution in [2.75, 3.05) is 12.4 Å². The predicted octanol–water partition coefficient (Wildman–Crippen LogP) is 3.21. The number of anilines is 1. The number of thiazole rings is 2. The summed E-state index contributed by atoms with van der Waals surface area (Å²) < 4.78 is 36.6. The van der Waals surface area contributed by atoms with E-state index in [2.05, 4.69) is 20.4 Å². The number of carbonyl (C=O) groups excluding carboxylic acids is 1. The molecule has 0 spiro atoms. The number of aromatic nitrogens is 4. The van der Waals surface area contributed by atoms with E-state index in [1.54, 1.807) is 11.3 Å². The number of aliphatic hydroxyl groups is 1. The normalized spacial score (nSPS) is 11.0. The molecule has 0 unspecified atom stereocenters. The number of nitrogens with zero attached hydrogens (tertiary/aromatic N) is 4. The molecule has 0 radical (unpaired) electrons. The quantitative estimate of drug-likeness (QED) is 0.617. The van der Waals surface area contributed by atoms with Crippen LogP contribution in [0.2, 0.25) is 0 Å². The van der Waals surface area contributed by atoms with E-state index in [0.717, 1.165) is 37.3 Å². The highest BCUT2D eigenvalue weighted by atomic mass is 32.1. The molecule has 0 atom stereocenters. The average Bonchev–Trinajstić information content (AvgIpc) is 3.33. The maximum absolute atomic E-state index is 11.9. The lowest BCUT2D eigenvalue weighted by molar-refractivity contribution is -0.137. The molecule has 27 heavy (non-hydrogen) atoms. The van der Waals surface area contributed by atoms with Gasteiger partial charge in [0.25, 0.3) is 0 Å². The molecule has 12 heteroatoms. The number of hydrogen-bond acceptors (Lipinski definition) is 8. The number of hydrogen-bond donors (Lipinski definition) is 2. The molecular formula is C15H16F3N5O2S2. The summed E-state index contributed by atoms with van der Waals surface area (Å²) in [6.07, 6.45) is -2.44. The zero-order valence-corrected chi connectivity index (χ0v) is 16.0. The SMILES string of the molecule is CNc1nc(-c2sc(CO)nc2C)cs1.O=CCn1cc(C(F)(F)F)cn1. The van der Waals surface area contributed by atoms with Gasteiger partial charge in [0.1, 0.15) is 11.3 Å². The smallest absolute Gasteiger partial charge is 0.389 e. The first kappa shape index (κ1) is 21.0. The van der Waals surface area contributed by atoms with Gasteiger partial charge in [-0.3, -0.25) is 4.68 Å². The van der Waals surface area contributed by atoms with Crippen LogP contribution in [0.15, 0.2) is 17.8 Å². The van der Waals surface area contributed by atoms with Crippen molar-refractivity contribution < 1.29 is 23.1 Å². The van der Waals surface area contributed by atoms with Crippen molar-refractivity contribution in [3.63, 3.8) is 0 Å². The van der Waals surface area contributed by atoms with Crippen LogP contribution >= 0.6 is 22.7 Å². The summed E-state index contributed by atoms with van der Waals surface area (Å²) in [7, 11) is 1.85. The lowest BCUT2D eigenvalue weighted by Gasteiger charge is -1.99. The minimum atomic E-state index is -4.39. The van der Waals surface area contributed by atoms with Crippen LogP contribution < -0.4 is 5.32 Å². The Balaban J connectivity index is 0.000000199. The minimum absolute atomic E-state index is 0.00543. The van der Waals surface area contributed by atoms with Crippen LogP contribution in [0.4, 0.5) is 18.3 Å². The molecule has 0 saturated heterocycles. The van der Waals surface area contributed by atoms with Crippen LogP contribution in [-0.2, 0) is 24.1 Å². The van der Waals surface area contributed by atoms with Gasteiger partial charge in [-0.15, -0.1) is 22.7 Å². The molecule has 0 saturated carbocycles. The molecule has 2 N–H and O–H groups in total. The zero-order valence-electron chi connectivity index (χ0n) is 14.3. The van der Waals surface area contributed by atoms with Crippen molar-refractivity contribution in [1.82, 2.24) is 19.7 Å². The second-order valence-corrected chi connectivity index (χ2v) is 7.03. The van der Waals surface area contributed by atoms with Crippen LogP contribution in [0.25, 0.3) is 10.6 Å². The topological polar surface area (TPSA) is 92.9 Å². The van der Waals surface area contributed by atoms with Gasteiger partial charge < -0.3 is 15.2 Å². The average molecular weight is 419 g/mol. The summed E-state index contributed by atoms with van der Waals surface area (Å²) in [6.45, 7) is 1.77. The lowest BCUT2D eigenvalue weighted by Crippen LogP contribution is -2.03. The second-order valence-electron chi connectivity index (χ2n) is 5.08. The van der Waals surface area contributed by atoms with E-state index in [4.69, 9.17) is 5.11 Å². The highest BCUT2D eigenvalue weighted by molar-refractivity contribution is 7.16. The summed E-state index contributed by atoms with van der Waals surface area (Å²) >= 11 is 3.06. The molecular weight excluding hydrogens is 403 g/mol. The molecule has 0 aliphatic rings. The van der Waals surface area contributed by atoms with E-state index in [0.29, 0.717) is 12.5 Å². The second kappa shape index (κ2) is 9.06. The summed E-state index contributed by atoms with van der Waals surface area (Å²) in [6, 6.07) is 0. The molecule has 7 nitrogen and oxygen atoms in total. The fourth-order valence-electron chi connectivity index (χ4n) is 1.94.